The lowest BCUT2D eigenvalue weighted by atomic mass is 10.1. The summed E-state index contributed by atoms with van der Waals surface area (Å²) in [7, 11) is 1.66. The van der Waals surface area contributed by atoms with Crippen LogP contribution in [0, 0.1) is 13.8 Å². The minimum atomic E-state index is -0.261. The highest BCUT2D eigenvalue weighted by molar-refractivity contribution is 6.03. The first-order valence-electron chi connectivity index (χ1n) is 9.12. The summed E-state index contributed by atoms with van der Waals surface area (Å²) >= 11 is 0. The molecule has 0 radical (unpaired) electrons. The minimum absolute atomic E-state index is 0.261. The second kappa shape index (κ2) is 8.99. The Morgan fingerprint density at radius 1 is 1.04 bits per heavy atom. The van der Waals surface area contributed by atoms with Crippen molar-refractivity contribution in [2.24, 2.45) is 0 Å². The number of hydrogen-bond acceptors (Lipinski definition) is 5. The summed E-state index contributed by atoms with van der Waals surface area (Å²) in [5, 5.41) is 6.13. The van der Waals surface area contributed by atoms with E-state index in [-0.39, 0.29) is 5.91 Å². The molecule has 6 nitrogen and oxygen atoms in total. The van der Waals surface area contributed by atoms with Crippen LogP contribution in [-0.4, -0.2) is 29.5 Å². The van der Waals surface area contributed by atoms with E-state index in [4.69, 9.17) is 4.74 Å². The molecule has 1 aromatic heterocycles. The molecule has 0 saturated carbocycles. The fourth-order valence-corrected chi connectivity index (χ4v) is 2.98. The molecule has 6 heteroatoms. The van der Waals surface area contributed by atoms with E-state index in [1.165, 1.54) is 6.33 Å². The zero-order valence-corrected chi connectivity index (χ0v) is 16.3. The van der Waals surface area contributed by atoms with E-state index < -0.39 is 0 Å². The predicted molar refractivity (Wildman–Crippen MR) is 111 cm³/mol. The molecule has 0 saturated heterocycles. The number of amides is 1. The van der Waals surface area contributed by atoms with Gasteiger partial charge < -0.3 is 15.4 Å². The molecule has 3 aromatic rings. The third-order valence-electron chi connectivity index (χ3n) is 4.23. The topological polar surface area (TPSA) is 76.1 Å². The molecule has 0 atom stereocenters. The van der Waals surface area contributed by atoms with E-state index in [0.717, 1.165) is 34.5 Å². The van der Waals surface area contributed by atoms with E-state index in [9.17, 15) is 4.79 Å². The van der Waals surface area contributed by atoms with Gasteiger partial charge in [-0.1, -0.05) is 18.2 Å². The maximum Gasteiger partial charge on any atom is 0.274 e. The van der Waals surface area contributed by atoms with Crippen LogP contribution in [0.1, 0.15) is 27.2 Å². The lowest BCUT2D eigenvalue weighted by Gasteiger charge is -2.09. The number of nitrogens with one attached hydrogen (secondary N) is 2. The number of aromatic nitrogens is 2. The molecule has 0 aliphatic carbocycles. The number of methoxy groups -OCH3 is 1. The number of ether oxygens (including phenoxy) is 1. The van der Waals surface area contributed by atoms with Gasteiger partial charge in [0.1, 0.15) is 23.6 Å². The van der Waals surface area contributed by atoms with Crippen molar-refractivity contribution < 1.29 is 9.53 Å². The van der Waals surface area contributed by atoms with Crippen LogP contribution in [0.2, 0.25) is 0 Å². The van der Waals surface area contributed by atoms with Crippen molar-refractivity contribution in [3.8, 4) is 5.75 Å². The Morgan fingerprint density at radius 2 is 1.82 bits per heavy atom. The number of carbonyl (C=O) groups is 1. The second-order valence-corrected chi connectivity index (χ2v) is 6.65. The monoisotopic (exact) mass is 376 g/mol. The smallest absolute Gasteiger partial charge is 0.274 e. The molecule has 3 rings (SSSR count). The molecule has 2 N–H and O–H groups in total. The van der Waals surface area contributed by atoms with Crippen LogP contribution >= 0.6 is 0 Å². The van der Waals surface area contributed by atoms with Gasteiger partial charge in [0.2, 0.25) is 0 Å². The molecule has 1 heterocycles. The number of anilines is 2. The Balaban J connectivity index is 1.60. The largest absolute Gasteiger partial charge is 0.497 e. The van der Waals surface area contributed by atoms with E-state index >= 15 is 0 Å². The average Bonchev–Trinajstić information content (AvgIpc) is 2.67. The zero-order valence-electron chi connectivity index (χ0n) is 16.3. The number of carbonyl (C=O) groups excluding carboxylic acids is 1. The number of benzene rings is 2. The predicted octanol–water partition coefficient (Wildman–Crippen LogP) is 4.01. The van der Waals surface area contributed by atoms with Crippen molar-refractivity contribution in [3.63, 3.8) is 0 Å². The normalized spacial score (nSPS) is 10.4. The summed E-state index contributed by atoms with van der Waals surface area (Å²) in [6.45, 7) is 4.68. The molecule has 0 fully saturated rings. The van der Waals surface area contributed by atoms with Crippen molar-refractivity contribution in [2.75, 3.05) is 24.3 Å². The number of rotatable bonds is 7. The molecular weight excluding hydrogens is 352 g/mol. The Morgan fingerprint density at radius 3 is 2.57 bits per heavy atom. The van der Waals surface area contributed by atoms with Crippen LogP contribution in [0.3, 0.4) is 0 Å². The highest BCUT2D eigenvalue weighted by Gasteiger charge is 2.10. The van der Waals surface area contributed by atoms with E-state index in [1.807, 2.05) is 50.2 Å². The van der Waals surface area contributed by atoms with Gasteiger partial charge in [-0.3, -0.25) is 4.79 Å². The van der Waals surface area contributed by atoms with Gasteiger partial charge >= 0.3 is 0 Å². The fraction of sp³-hybridized carbons (Fsp3) is 0.227. The van der Waals surface area contributed by atoms with Crippen LogP contribution in [0.25, 0.3) is 0 Å². The van der Waals surface area contributed by atoms with Gasteiger partial charge in [0.05, 0.1) is 7.11 Å². The highest BCUT2D eigenvalue weighted by Crippen LogP contribution is 2.16. The molecule has 0 aliphatic heterocycles. The summed E-state index contributed by atoms with van der Waals surface area (Å²) < 4.78 is 5.24. The number of hydrogen-bond donors (Lipinski definition) is 2. The molecular formula is C22H24N4O2. The maximum atomic E-state index is 12.5. The number of nitrogens with zero attached hydrogens (tertiary/aromatic N) is 2. The first-order valence-corrected chi connectivity index (χ1v) is 9.12. The van der Waals surface area contributed by atoms with Crippen molar-refractivity contribution in [3.05, 3.63) is 77.2 Å². The van der Waals surface area contributed by atoms with Crippen LogP contribution in [0.4, 0.5) is 11.5 Å². The van der Waals surface area contributed by atoms with Crippen molar-refractivity contribution in [1.82, 2.24) is 9.97 Å². The third kappa shape index (κ3) is 5.30. The fourth-order valence-electron chi connectivity index (χ4n) is 2.98. The van der Waals surface area contributed by atoms with Crippen LogP contribution in [-0.2, 0) is 6.42 Å². The molecule has 2 aromatic carbocycles. The lowest BCUT2D eigenvalue weighted by molar-refractivity contribution is 0.102. The zero-order chi connectivity index (χ0) is 19.9. The van der Waals surface area contributed by atoms with Gasteiger partial charge in [0.15, 0.2) is 0 Å². The van der Waals surface area contributed by atoms with E-state index in [0.29, 0.717) is 18.1 Å². The second-order valence-electron chi connectivity index (χ2n) is 6.65. The van der Waals surface area contributed by atoms with Gasteiger partial charge in [-0.05, 0) is 61.2 Å². The van der Waals surface area contributed by atoms with Gasteiger partial charge in [0, 0.05) is 18.3 Å². The quantitative estimate of drug-likeness (QED) is 0.652. The summed E-state index contributed by atoms with van der Waals surface area (Å²) in [6, 6.07) is 15.5. The highest BCUT2D eigenvalue weighted by atomic mass is 16.5. The lowest BCUT2D eigenvalue weighted by Crippen LogP contribution is -2.15. The summed E-state index contributed by atoms with van der Waals surface area (Å²) in [4.78, 5) is 20.8. The van der Waals surface area contributed by atoms with E-state index in [1.54, 1.807) is 13.2 Å². The Labute approximate surface area is 165 Å². The standard InChI is InChI=1S/C22H24N4O2/c1-15-9-16(2)11-18(10-15)26-22(27)20-13-21(25-14-24-20)23-8-7-17-5-4-6-19(12-17)28-3/h4-6,9-14H,7-8H2,1-3H3,(H,26,27)(H,23,24,25). The molecule has 0 unspecified atom stereocenters. The first-order chi connectivity index (χ1) is 13.5. The van der Waals surface area contributed by atoms with Crippen LogP contribution in [0.15, 0.2) is 54.9 Å². The van der Waals surface area contributed by atoms with Gasteiger partial charge in [-0.2, -0.15) is 0 Å². The Hall–Kier alpha value is -3.41. The van der Waals surface area contributed by atoms with E-state index in [2.05, 4.69) is 26.7 Å². The summed E-state index contributed by atoms with van der Waals surface area (Å²) in [5.74, 6) is 1.19. The summed E-state index contributed by atoms with van der Waals surface area (Å²) in [6.07, 6.45) is 2.20. The summed E-state index contributed by atoms with van der Waals surface area (Å²) in [5.41, 5.74) is 4.43. The maximum absolute atomic E-state index is 12.5. The van der Waals surface area contributed by atoms with Crippen molar-refractivity contribution in [2.45, 2.75) is 20.3 Å². The third-order valence-corrected chi connectivity index (χ3v) is 4.23. The van der Waals surface area contributed by atoms with Gasteiger partial charge in [0.25, 0.3) is 5.91 Å². The average molecular weight is 376 g/mol. The minimum Gasteiger partial charge on any atom is -0.497 e. The van der Waals surface area contributed by atoms with Crippen molar-refractivity contribution >= 4 is 17.4 Å². The molecule has 1 amide bonds. The molecule has 0 bridgehead atoms. The molecule has 0 aliphatic rings. The molecule has 0 spiro atoms. The molecule has 144 valence electrons. The first kappa shape index (κ1) is 19.4. The van der Waals surface area contributed by atoms with Gasteiger partial charge in [-0.25, -0.2) is 9.97 Å². The Kier molecular flexibility index (Phi) is 6.22. The molecule has 28 heavy (non-hydrogen) atoms. The van der Waals surface area contributed by atoms with Crippen molar-refractivity contribution in [1.29, 1.82) is 0 Å². The van der Waals surface area contributed by atoms with Crippen LogP contribution in [0.5, 0.6) is 5.75 Å². The Bertz CT molecular complexity index is 952. The number of aryl methyl sites for hydroxylation is 2. The van der Waals surface area contributed by atoms with Gasteiger partial charge in [-0.15, -0.1) is 0 Å². The SMILES string of the molecule is COc1cccc(CCNc2cc(C(=O)Nc3cc(C)cc(C)c3)ncn2)c1. The van der Waals surface area contributed by atoms with Crippen LogP contribution < -0.4 is 15.4 Å².